The minimum Gasteiger partial charge on any atom is -0.456 e. The lowest BCUT2D eigenvalue weighted by molar-refractivity contribution is 0.669. The molecular weight excluding hydrogens is 763 g/mol. The van der Waals surface area contributed by atoms with E-state index in [1.165, 1.54) is 76.4 Å². The molecule has 12 aromatic rings. The van der Waals surface area contributed by atoms with Crippen molar-refractivity contribution >= 4 is 145 Å². The Bertz CT molecular complexity index is 3810. The molecule has 8 aromatic carbocycles. The molecule has 0 fully saturated rings. The Labute approximate surface area is 369 Å². The van der Waals surface area contributed by atoms with Crippen molar-refractivity contribution in [3.05, 3.63) is 152 Å². The molecular formula is C51H37B6N5O. The zero-order valence-corrected chi connectivity index (χ0v) is 36.1. The second kappa shape index (κ2) is 14.0. The number of benzene rings is 8. The quantitative estimate of drug-likeness (QED) is 0.252. The molecule has 0 aliphatic heterocycles. The number of fused-ring (bicyclic) bond motifs is 10. The van der Waals surface area contributed by atoms with Crippen molar-refractivity contribution in [2.24, 2.45) is 0 Å². The predicted octanol–water partition coefficient (Wildman–Crippen LogP) is 2.52. The average molecular weight is 801 g/mol. The van der Waals surface area contributed by atoms with E-state index in [9.17, 15) is 0 Å². The number of para-hydroxylation sites is 1. The van der Waals surface area contributed by atoms with E-state index in [0.717, 1.165) is 50.0 Å². The monoisotopic (exact) mass is 801 g/mol. The summed E-state index contributed by atoms with van der Waals surface area (Å²) in [7, 11) is 13.6. The molecule has 0 aliphatic carbocycles. The fourth-order valence-corrected chi connectivity index (χ4v) is 10.3. The summed E-state index contributed by atoms with van der Waals surface area (Å²) in [5.74, 6) is 1.85. The molecule has 63 heavy (non-hydrogen) atoms. The molecule has 0 unspecified atom stereocenters. The van der Waals surface area contributed by atoms with E-state index >= 15 is 0 Å². The molecule has 12 rings (SSSR count). The van der Waals surface area contributed by atoms with Crippen LogP contribution in [0.25, 0.3) is 111 Å². The number of furan rings is 1. The van der Waals surface area contributed by atoms with Crippen molar-refractivity contribution in [1.82, 2.24) is 24.1 Å². The van der Waals surface area contributed by atoms with Gasteiger partial charge >= 0.3 is 0 Å². The lowest BCUT2D eigenvalue weighted by atomic mass is 9.74. The number of aromatic nitrogens is 5. The van der Waals surface area contributed by atoms with Gasteiger partial charge in [0.05, 0.1) is 11.0 Å². The summed E-state index contributed by atoms with van der Waals surface area (Å²) in [5, 5.41) is 7.23. The molecule has 0 saturated carbocycles. The smallest absolute Gasteiger partial charge is 0.164 e. The van der Waals surface area contributed by atoms with Crippen LogP contribution in [0, 0.1) is 0 Å². The lowest BCUT2D eigenvalue weighted by Crippen LogP contribution is -2.27. The van der Waals surface area contributed by atoms with Gasteiger partial charge in [0.2, 0.25) is 0 Å². The van der Waals surface area contributed by atoms with Crippen molar-refractivity contribution in [2.75, 3.05) is 0 Å². The van der Waals surface area contributed by atoms with Crippen LogP contribution in [0.1, 0.15) is 0 Å². The van der Waals surface area contributed by atoms with Gasteiger partial charge in [-0.1, -0.05) is 142 Å². The second-order valence-electron chi connectivity index (χ2n) is 17.2. The van der Waals surface area contributed by atoms with E-state index in [4.69, 9.17) is 19.4 Å². The van der Waals surface area contributed by atoms with Crippen LogP contribution in [-0.4, -0.2) is 71.2 Å². The Morgan fingerprint density at radius 1 is 0.365 bits per heavy atom. The Hall–Kier alpha value is -7.44. The molecule has 0 spiro atoms. The third kappa shape index (κ3) is 5.70. The fourth-order valence-electron chi connectivity index (χ4n) is 10.3. The Morgan fingerprint density at radius 2 is 0.857 bits per heavy atom. The summed E-state index contributed by atoms with van der Waals surface area (Å²) in [6, 6.07) is 53.4. The Kier molecular flexibility index (Phi) is 8.32. The van der Waals surface area contributed by atoms with Gasteiger partial charge in [0.1, 0.15) is 58.2 Å². The van der Waals surface area contributed by atoms with Crippen LogP contribution in [0.4, 0.5) is 0 Å². The van der Waals surface area contributed by atoms with Gasteiger partial charge < -0.3 is 13.6 Å². The summed E-state index contributed by atoms with van der Waals surface area (Å²) in [5.41, 5.74) is 19.1. The summed E-state index contributed by atoms with van der Waals surface area (Å²) >= 11 is 0. The van der Waals surface area contributed by atoms with Crippen LogP contribution in [0.3, 0.4) is 0 Å². The molecule has 0 atom stereocenters. The highest BCUT2D eigenvalue weighted by Gasteiger charge is 2.27. The van der Waals surface area contributed by atoms with Crippen LogP contribution in [0.2, 0.25) is 0 Å². The third-order valence-corrected chi connectivity index (χ3v) is 13.0. The lowest BCUT2D eigenvalue weighted by Gasteiger charge is -2.15. The van der Waals surface area contributed by atoms with E-state index in [1.54, 1.807) is 0 Å². The highest BCUT2D eigenvalue weighted by molar-refractivity contribution is 6.61. The van der Waals surface area contributed by atoms with Gasteiger partial charge in [-0.15, -0.1) is 0 Å². The van der Waals surface area contributed by atoms with Crippen molar-refractivity contribution in [3.63, 3.8) is 0 Å². The largest absolute Gasteiger partial charge is 0.456 e. The van der Waals surface area contributed by atoms with Crippen molar-refractivity contribution in [1.29, 1.82) is 0 Å². The van der Waals surface area contributed by atoms with Gasteiger partial charge in [-0.3, -0.25) is 0 Å². The maximum absolute atomic E-state index is 6.69. The van der Waals surface area contributed by atoms with Crippen molar-refractivity contribution in [2.45, 2.75) is 0 Å². The van der Waals surface area contributed by atoms with E-state index in [1.807, 2.05) is 60.7 Å². The normalized spacial score (nSPS) is 11.9. The topological polar surface area (TPSA) is 61.7 Å². The zero-order chi connectivity index (χ0) is 42.7. The maximum Gasteiger partial charge on any atom is 0.164 e. The van der Waals surface area contributed by atoms with Gasteiger partial charge in [0.15, 0.2) is 17.5 Å². The average Bonchev–Trinajstić information content (AvgIpc) is 3.96. The molecule has 6 nitrogen and oxygen atoms in total. The van der Waals surface area contributed by atoms with Crippen LogP contribution in [0.5, 0.6) is 0 Å². The minimum absolute atomic E-state index is 0.593. The molecule has 0 saturated heterocycles. The predicted molar refractivity (Wildman–Crippen MR) is 281 cm³/mol. The van der Waals surface area contributed by atoms with Crippen LogP contribution in [0.15, 0.2) is 156 Å². The van der Waals surface area contributed by atoms with Crippen LogP contribution < -0.4 is 32.8 Å². The molecule has 0 bridgehead atoms. The molecule has 4 aromatic heterocycles. The van der Waals surface area contributed by atoms with Gasteiger partial charge in [-0.05, 0) is 42.5 Å². The molecule has 12 heteroatoms. The van der Waals surface area contributed by atoms with Crippen molar-refractivity contribution in [3.8, 4) is 45.5 Å². The van der Waals surface area contributed by atoms with E-state index in [0.29, 0.717) is 17.5 Å². The Morgan fingerprint density at radius 3 is 1.40 bits per heavy atom. The van der Waals surface area contributed by atoms with E-state index in [2.05, 4.69) is 147 Å². The minimum atomic E-state index is 0.593. The third-order valence-electron chi connectivity index (χ3n) is 13.0. The fraction of sp³-hybridized carbons (Fsp3) is 0. The molecule has 4 heterocycles. The summed E-state index contributed by atoms with van der Waals surface area (Å²) in [6.45, 7) is 0. The first kappa shape index (κ1) is 37.3. The summed E-state index contributed by atoms with van der Waals surface area (Å²) in [4.78, 5) is 14.9. The van der Waals surface area contributed by atoms with E-state index < -0.39 is 0 Å². The standard InChI is InChI=1S/C51H37B6N5O/c52-29-21-35-41-43(56)44(57)42-36-22-30(53)24-38(55)46(36)62(48(42)47(41)61(45(35)37(54)23-29)31-14-8-3-9-15-31)32-17-19-39-34(25-32)33-18-16-28(20-40(33)63-39)51-59-49(26-10-4-1-5-11-26)58-50(60-51)27-12-6-2-7-13-27/h1-25H,52-57H2. The molecule has 0 amide bonds. The van der Waals surface area contributed by atoms with Gasteiger partial charge in [0.25, 0.3) is 0 Å². The maximum atomic E-state index is 6.69. The Balaban J connectivity index is 1.13. The summed E-state index contributed by atoms with van der Waals surface area (Å²) < 4.78 is 11.7. The molecule has 0 N–H and O–H groups in total. The van der Waals surface area contributed by atoms with Crippen molar-refractivity contribution < 1.29 is 4.42 Å². The first-order chi connectivity index (χ1) is 30.7. The molecule has 290 valence electrons. The highest BCUT2D eigenvalue weighted by atomic mass is 16.3. The van der Waals surface area contributed by atoms with Gasteiger partial charge in [0, 0.05) is 71.4 Å². The number of hydrogen-bond acceptors (Lipinski definition) is 4. The zero-order valence-electron chi connectivity index (χ0n) is 36.1. The first-order valence-electron chi connectivity index (χ1n) is 21.6. The summed E-state index contributed by atoms with van der Waals surface area (Å²) in [6.07, 6.45) is 0. The molecule has 0 radical (unpaired) electrons. The first-order valence-corrected chi connectivity index (χ1v) is 21.6. The number of rotatable bonds is 5. The SMILES string of the molecule is Bc1cc(B)c2c(c1)c1c(B)c(B)c3c4cc(B)cc(B)c4n(-c4ccc5oc6cc(-c7nc(-c8ccccc8)nc(-c8ccccc8)n7)ccc6c5c4)c3c1n2-c1ccccc1. The van der Waals surface area contributed by atoms with Gasteiger partial charge in [-0.25, -0.2) is 15.0 Å². The van der Waals surface area contributed by atoms with Gasteiger partial charge in [-0.2, -0.15) is 0 Å². The van der Waals surface area contributed by atoms with Crippen LogP contribution in [-0.2, 0) is 0 Å². The van der Waals surface area contributed by atoms with E-state index in [-0.39, 0.29) is 0 Å². The highest BCUT2D eigenvalue weighted by Crippen LogP contribution is 2.41. The second-order valence-corrected chi connectivity index (χ2v) is 17.2. The molecule has 0 aliphatic rings. The number of nitrogens with zero attached hydrogens (tertiary/aromatic N) is 5. The van der Waals surface area contributed by atoms with Crippen LogP contribution >= 0.6 is 0 Å². The number of hydrogen-bond donors (Lipinski definition) is 0.